The molecule has 0 saturated carbocycles. The van der Waals surface area contributed by atoms with Gasteiger partial charge in [-0.15, -0.1) is 12.4 Å². The van der Waals surface area contributed by atoms with Crippen LogP contribution >= 0.6 is 12.4 Å². The van der Waals surface area contributed by atoms with Crippen molar-refractivity contribution in [3.63, 3.8) is 0 Å². The number of halogens is 1. The SMILES string of the molecule is Cl.NC(N)=Nc1ccc(Oc2ccc(N=C(N)N)cc2)cc1. The van der Waals surface area contributed by atoms with Gasteiger partial charge in [0.1, 0.15) is 11.5 Å². The molecule has 0 aliphatic heterocycles. The third-order valence-corrected chi connectivity index (χ3v) is 2.43. The molecule has 0 atom stereocenters. The van der Waals surface area contributed by atoms with E-state index in [2.05, 4.69) is 9.98 Å². The number of benzene rings is 2. The first-order chi connectivity index (χ1) is 10.0. The summed E-state index contributed by atoms with van der Waals surface area (Å²) >= 11 is 0. The number of aliphatic imine (C=N–C) groups is 2. The van der Waals surface area contributed by atoms with Crippen LogP contribution in [0.15, 0.2) is 58.5 Å². The Morgan fingerprint density at radius 3 is 1.23 bits per heavy atom. The van der Waals surface area contributed by atoms with Crippen molar-refractivity contribution in [3.8, 4) is 11.5 Å². The van der Waals surface area contributed by atoms with E-state index in [1.165, 1.54) is 0 Å². The fourth-order valence-electron chi connectivity index (χ4n) is 1.61. The van der Waals surface area contributed by atoms with Crippen molar-refractivity contribution in [1.29, 1.82) is 0 Å². The Balaban J connectivity index is 0.00000242. The minimum absolute atomic E-state index is 0. The Morgan fingerprint density at radius 1 is 0.636 bits per heavy atom. The lowest BCUT2D eigenvalue weighted by Gasteiger charge is -2.06. The number of hydrogen-bond donors (Lipinski definition) is 4. The van der Waals surface area contributed by atoms with Gasteiger partial charge in [-0.1, -0.05) is 0 Å². The molecule has 0 heterocycles. The molecule has 2 aromatic rings. The highest BCUT2D eigenvalue weighted by Gasteiger charge is 1.99. The van der Waals surface area contributed by atoms with Crippen LogP contribution in [-0.4, -0.2) is 11.9 Å². The molecule has 0 spiro atoms. The van der Waals surface area contributed by atoms with Crippen molar-refractivity contribution >= 4 is 35.7 Å². The zero-order chi connectivity index (χ0) is 15.2. The number of ether oxygens (including phenoxy) is 1. The number of hydrogen-bond acceptors (Lipinski definition) is 3. The van der Waals surface area contributed by atoms with Crippen LogP contribution < -0.4 is 27.7 Å². The number of rotatable bonds is 4. The molecule has 0 radical (unpaired) electrons. The summed E-state index contributed by atoms with van der Waals surface area (Å²) in [5.41, 5.74) is 22.5. The van der Waals surface area contributed by atoms with Crippen molar-refractivity contribution in [2.24, 2.45) is 32.9 Å². The van der Waals surface area contributed by atoms with E-state index in [1.54, 1.807) is 48.5 Å². The summed E-state index contributed by atoms with van der Waals surface area (Å²) in [6.45, 7) is 0. The van der Waals surface area contributed by atoms with Crippen molar-refractivity contribution < 1.29 is 4.74 Å². The van der Waals surface area contributed by atoms with Crippen molar-refractivity contribution in [2.75, 3.05) is 0 Å². The molecule has 0 amide bonds. The Kier molecular flexibility index (Phi) is 6.03. The summed E-state index contributed by atoms with van der Waals surface area (Å²) in [6.07, 6.45) is 0. The third kappa shape index (κ3) is 5.22. The van der Waals surface area contributed by atoms with E-state index in [9.17, 15) is 0 Å². The van der Waals surface area contributed by atoms with Gasteiger partial charge in [0.25, 0.3) is 0 Å². The standard InChI is InChI=1S/C14H16N6O.ClH/c15-13(16)19-9-1-5-11(6-2-9)21-12-7-3-10(4-8-12)20-14(17)18;/h1-8H,(H4,15,16,19)(H4,17,18,20);1H. The fraction of sp³-hybridized carbons (Fsp3) is 0. The van der Waals surface area contributed by atoms with Gasteiger partial charge in [-0.05, 0) is 48.5 Å². The van der Waals surface area contributed by atoms with Gasteiger partial charge in [0.15, 0.2) is 11.9 Å². The van der Waals surface area contributed by atoms with E-state index in [-0.39, 0.29) is 24.3 Å². The minimum Gasteiger partial charge on any atom is -0.457 e. The summed E-state index contributed by atoms with van der Waals surface area (Å²) in [5.74, 6) is 1.36. The second-order valence-electron chi connectivity index (χ2n) is 4.16. The van der Waals surface area contributed by atoms with Crippen LogP contribution in [-0.2, 0) is 0 Å². The molecule has 8 N–H and O–H groups in total. The topological polar surface area (TPSA) is 138 Å². The molecule has 0 fully saturated rings. The number of guanidine groups is 2. The molecular formula is C14H17ClN6O. The monoisotopic (exact) mass is 320 g/mol. The minimum atomic E-state index is 0. The molecular weight excluding hydrogens is 304 g/mol. The summed E-state index contributed by atoms with van der Waals surface area (Å²) in [5, 5.41) is 0. The second-order valence-corrected chi connectivity index (χ2v) is 4.16. The van der Waals surface area contributed by atoms with Gasteiger partial charge < -0.3 is 27.7 Å². The zero-order valence-corrected chi connectivity index (χ0v) is 12.5. The van der Waals surface area contributed by atoms with Gasteiger partial charge in [-0.25, -0.2) is 9.98 Å². The first kappa shape index (κ1) is 17.1. The van der Waals surface area contributed by atoms with Gasteiger partial charge in [-0.3, -0.25) is 0 Å². The van der Waals surface area contributed by atoms with Gasteiger partial charge in [0.05, 0.1) is 11.4 Å². The molecule has 0 aromatic heterocycles. The van der Waals surface area contributed by atoms with Crippen LogP contribution in [0, 0.1) is 0 Å². The molecule has 0 bridgehead atoms. The largest absolute Gasteiger partial charge is 0.457 e. The van der Waals surface area contributed by atoms with E-state index in [1.807, 2.05) is 0 Å². The molecule has 116 valence electrons. The van der Waals surface area contributed by atoms with Crippen molar-refractivity contribution in [1.82, 2.24) is 0 Å². The molecule has 0 unspecified atom stereocenters. The summed E-state index contributed by atoms with van der Waals surface area (Å²) in [7, 11) is 0. The molecule has 0 aliphatic carbocycles. The smallest absolute Gasteiger partial charge is 0.191 e. The van der Waals surface area contributed by atoms with Crippen LogP contribution in [0.25, 0.3) is 0 Å². The second kappa shape index (κ2) is 7.75. The Morgan fingerprint density at radius 2 is 0.955 bits per heavy atom. The third-order valence-electron chi connectivity index (χ3n) is 2.43. The lowest BCUT2D eigenvalue weighted by atomic mass is 10.3. The van der Waals surface area contributed by atoms with Crippen LogP contribution in [0.1, 0.15) is 0 Å². The highest BCUT2D eigenvalue weighted by molar-refractivity contribution is 5.85. The lowest BCUT2D eigenvalue weighted by molar-refractivity contribution is 0.483. The quantitative estimate of drug-likeness (QED) is 0.501. The molecule has 2 aromatic carbocycles. The highest BCUT2D eigenvalue weighted by atomic mass is 35.5. The zero-order valence-electron chi connectivity index (χ0n) is 11.6. The Hall–Kier alpha value is -2.93. The predicted octanol–water partition coefficient (Wildman–Crippen LogP) is 1.71. The molecule has 7 nitrogen and oxygen atoms in total. The molecule has 22 heavy (non-hydrogen) atoms. The summed E-state index contributed by atoms with van der Waals surface area (Å²) in [4.78, 5) is 7.85. The average molecular weight is 321 g/mol. The maximum Gasteiger partial charge on any atom is 0.191 e. The first-order valence-corrected chi connectivity index (χ1v) is 6.10. The van der Waals surface area contributed by atoms with E-state index in [0.29, 0.717) is 22.9 Å². The van der Waals surface area contributed by atoms with Crippen LogP contribution in [0.5, 0.6) is 11.5 Å². The maximum absolute atomic E-state index is 5.68. The van der Waals surface area contributed by atoms with Crippen molar-refractivity contribution in [3.05, 3.63) is 48.5 Å². The predicted molar refractivity (Wildman–Crippen MR) is 91.1 cm³/mol. The molecule has 2 rings (SSSR count). The van der Waals surface area contributed by atoms with Crippen LogP contribution in [0.3, 0.4) is 0 Å². The highest BCUT2D eigenvalue weighted by Crippen LogP contribution is 2.25. The normalized spacial score (nSPS) is 9.27. The maximum atomic E-state index is 5.68. The summed E-state index contributed by atoms with van der Waals surface area (Å²) in [6, 6.07) is 14.1. The van der Waals surface area contributed by atoms with Crippen molar-refractivity contribution in [2.45, 2.75) is 0 Å². The molecule has 0 saturated heterocycles. The van der Waals surface area contributed by atoms with Gasteiger partial charge in [0.2, 0.25) is 0 Å². The lowest BCUT2D eigenvalue weighted by Crippen LogP contribution is -2.21. The van der Waals surface area contributed by atoms with E-state index in [4.69, 9.17) is 27.7 Å². The first-order valence-electron chi connectivity index (χ1n) is 6.10. The van der Waals surface area contributed by atoms with Gasteiger partial charge >= 0.3 is 0 Å². The van der Waals surface area contributed by atoms with Gasteiger partial charge in [0, 0.05) is 0 Å². The average Bonchev–Trinajstić information content (AvgIpc) is 2.42. The van der Waals surface area contributed by atoms with Crippen LogP contribution in [0.4, 0.5) is 11.4 Å². The van der Waals surface area contributed by atoms with E-state index < -0.39 is 0 Å². The van der Waals surface area contributed by atoms with Crippen LogP contribution in [0.2, 0.25) is 0 Å². The van der Waals surface area contributed by atoms with E-state index >= 15 is 0 Å². The Bertz CT molecular complexity index is 599. The Labute approximate surface area is 134 Å². The molecule has 0 aliphatic rings. The van der Waals surface area contributed by atoms with Gasteiger partial charge in [-0.2, -0.15) is 0 Å². The van der Waals surface area contributed by atoms with E-state index in [0.717, 1.165) is 0 Å². The number of nitrogens with two attached hydrogens (primary N) is 4. The summed E-state index contributed by atoms with van der Waals surface area (Å²) < 4.78 is 5.68. The fourth-order valence-corrected chi connectivity index (χ4v) is 1.61. The molecule has 8 heteroatoms. The number of nitrogens with zero attached hydrogens (tertiary/aromatic N) is 2.